The highest BCUT2D eigenvalue weighted by Gasteiger charge is 2.14. The Balaban J connectivity index is 1.68. The van der Waals surface area contributed by atoms with Crippen LogP contribution in [0.15, 0.2) is 42.5 Å². The number of ether oxygens (including phenoxy) is 1. The monoisotopic (exact) mass is 372 g/mol. The van der Waals surface area contributed by atoms with E-state index >= 15 is 0 Å². The predicted molar refractivity (Wildman–Crippen MR) is 102 cm³/mol. The topological polar surface area (TPSA) is 58.6 Å². The maximum Gasteiger partial charge on any atom is 0.337 e. The lowest BCUT2D eigenvalue weighted by Crippen LogP contribution is -2.18. The highest BCUT2D eigenvalue weighted by Crippen LogP contribution is 2.24. The van der Waals surface area contributed by atoms with Gasteiger partial charge in [-0.2, -0.15) is 0 Å². The molecule has 0 unspecified atom stereocenters. The summed E-state index contributed by atoms with van der Waals surface area (Å²) in [6.45, 7) is 3.18. The molecule has 6 heteroatoms. The van der Waals surface area contributed by atoms with Gasteiger partial charge in [0.2, 0.25) is 0 Å². The molecule has 1 fully saturated rings. The van der Waals surface area contributed by atoms with Crippen LogP contribution in [0.2, 0.25) is 5.02 Å². The number of methoxy groups -OCH3 is 1. The SMILES string of the molecule is COC(=O)c1ccc(Cl)c(NC(=O)c2ccc(CN3CCCC3)cc2)c1. The van der Waals surface area contributed by atoms with Crippen LogP contribution in [-0.2, 0) is 11.3 Å². The van der Waals surface area contributed by atoms with Crippen LogP contribution in [0.25, 0.3) is 0 Å². The Morgan fingerprint density at radius 3 is 2.38 bits per heavy atom. The summed E-state index contributed by atoms with van der Waals surface area (Å²) in [7, 11) is 1.30. The van der Waals surface area contributed by atoms with Crippen molar-refractivity contribution in [3.8, 4) is 0 Å². The summed E-state index contributed by atoms with van der Waals surface area (Å²) >= 11 is 6.12. The third-order valence-electron chi connectivity index (χ3n) is 4.46. The Labute approximate surface area is 157 Å². The predicted octanol–water partition coefficient (Wildman–Crippen LogP) is 3.97. The first-order chi connectivity index (χ1) is 12.6. The van der Waals surface area contributed by atoms with Crippen LogP contribution in [0.1, 0.15) is 39.1 Å². The Kier molecular flexibility index (Phi) is 5.91. The van der Waals surface area contributed by atoms with Crippen LogP contribution < -0.4 is 5.32 Å². The fourth-order valence-electron chi connectivity index (χ4n) is 3.02. The normalized spacial score (nSPS) is 14.2. The highest BCUT2D eigenvalue weighted by molar-refractivity contribution is 6.34. The van der Waals surface area contributed by atoms with Gasteiger partial charge in [0.15, 0.2) is 0 Å². The molecule has 1 aliphatic heterocycles. The van der Waals surface area contributed by atoms with Crippen LogP contribution in [-0.4, -0.2) is 37.0 Å². The van der Waals surface area contributed by atoms with Crippen molar-refractivity contribution in [3.05, 3.63) is 64.2 Å². The molecule has 26 heavy (non-hydrogen) atoms. The van der Waals surface area contributed by atoms with Crippen molar-refractivity contribution in [1.82, 2.24) is 4.90 Å². The van der Waals surface area contributed by atoms with E-state index in [-0.39, 0.29) is 5.91 Å². The van der Waals surface area contributed by atoms with Gasteiger partial charge in [-0.1, -0.05) is 23.7 Å². The Hall–Kier alpha value is -2.37. The number of rotatable bonds is 5. The number of hydrogen-bond acceptors (Lipinski definition) is 4. The van der Waals surface area contributed by atoms with Crippen molar-refractivity contribution in [1.29, 1.82) is 0 Å². The van der Waals surface area contributed by atoms with Gasteiger partial charge in [-0.05, 0) is 61.8 Å². The zero-order valence-electron chi connectivity index (χ0n) is 14.6. The third kappa shape index (κ3) is 4.42. The summed E-state index contributed by atoms with van der Waals surface area (Å²) in [4.78, 5) is 26.5. The van der Waals surface area contributed by atoms with Crippen LogP contribution >= 0.6 is 11.6 Å². The van der Waals surface area contributed by atoms with E-state index in [1.54, 1.807) is 24.3 Å². The molecule has 1 N–H and O–H groups in total. The van der Waals surface area contributed by atoms with Crippen LogP contribution in [0.4, 0.5) is 5.69 Å². The number of carbonyl (C=O) groups is 2. The fourth-order valence-corrected chi connectivity index (χ4v) is 3.19. The maximum atomic E-state index is 12.5. The van der Waals surface area contributed by atoms with E-state index in [0.29, 0.717) is 21.8 Å². The van der Waals surface area contributed by atoms with Gasteiger partial charge in [-0.25, -0.2) is 4.79 Å². The standard InChI is InChI=1S/C20H21ClN2O3/c1-26-20(25)16-8-9-17(21)18(12-16)22-19(24)15-6-4-14(5-7-15)13-23-10-2-3-11-23/h4-9,12H,2-3,10-11,13H2,1H3,(H,22,24). The first-order valence-corrected chi connectivity index (χ1v) is 8.95. The first-order valence-electron chi connectivity index (χ1n) is 8.57. The van der Waals surface area contributed by atoms with Gasteiger partial charge in [-0.3, -0.25) is 9.69 Å². The maximum absolute atomic E-state index is 12.5. The molecular weight excluding hydrogens is 352 g/mol. The summed E-state index contributed by atoms with van der Waals surface area (Å²) < 4.78 is 4.69. The van der Waals surface area contributed by atoms with Gasteiger partial charge < -0.3 is 10.1 Å². The lowest BCUT2D eigenvalue weighted by atomic mass is 10.1. The van der Waals surface area contributed by atoms with Gasteiger partial charge in [-0.15, -0.1) is 0 Å². The molecular formula is C20H21ClN2O3. The number of hydrogen-bond donors (Lipinski definition) is 1. The number of carbonyl (C=O) groups excluding carboxylic acids is 2. The largest absolute Gasteiger partial charge is 0.465 e. The number of esters is 1. The minimum atomic E-state index is -0.483. The Morgan fingerprint density at radius 2 is 1.73 bits per heavy atom. The molecule has 2 aromatic rings. The van der Waals surface area contributed by atoms with Gasteiger partial charge in [0, 0.05) is 12.1 Å². The minimum Gasteiger partial charge on any atom is -0.465 e. The van der Waals surface area contributed by atoms with Crippen molar-refractivity contribution in [2.45, 2.75) is 19.4 Å². The molecule has 1 saturated heterocycles. The van der Waals surface area contributed by atoms with Crippen molar-refractivity contribution in [3.63, 3.8) is 0 Å². The lowest BCUT2D eigenvalue weighted by molar-refractivity contribution is 0.0600. The molecule has 136 valence electrons. The van der Waals surface area contributed by atoms with Crippen LogP contribution in [0, 0.1) is 0 Å². The molecule has 0 bridgehead atoms. The number of amides is 1. The zero-order chi connectivity index (χ0) is 18.5. The molecule has 3 rings (SSSR count). The number of nitrogens with one attached hydrogen (secondary N) is 1. The van der Waals surface area contributed by atoms with E-state index in [4.69, 9.17) is 11.6 Å². The summed E-state index contributed by atoms with van der Waals surface area (Å²) in [5.74, 6) is -0.759. The molecule has 0 aliphatic carbocycles. The van der Waals surface area contributed by atoms with Gasteiger partial charge in [0.05, 0.1) is 23.4 Å². The van der Waals surface area contributed by atoms with E-state index in [2.05, 4.69) is 15.0 Å². The molecule has 0 radical (unpaired) electrons. The minimum absolute atomic E-state index is 0.276. The quantitative estimate of drug-likeness (QED) is 0.807. The number of halogens is 1. The summed E-state index contributed by atoms with van der Waals surface area (Å²) in [5, 5.41) is 3.11. The summed E-state index contributed by atoms with van der Waals surface area (Å²) in [5.41, 5.74) is 2.43. The second kappa shape index (κ2) is 8.34. The smallest absolute Gasteiger partial charge is 0.337 e. The van der Waals surface area contributed by atoms with E-state index in [9.17, 15) is 9.59 Å². The number of nitrogens with zero attached hydrogens (tertiary/aromatic N) is 1. The number of benzene rings is 2. The van der Waals surface area contributed by atoms with Crippen molar-refractivity contribution < 1.29 is 14.3 Å². The Morgan fingerprint density at radius 1 is 1.08 bits per heavy atom. The first kappa shape index (κ1) is 18.4. The highest BCUT2D eigenvalue weighted by atomic mass is 35.5. The molecule has 1 amide bonds. The van der Waals surface area contributed by atoms with Gasteiger partial charge >= 0.3 is 5.97 Å². The van der Waals surface area contributed by atoms with Crippen LogP contribution in [0.3, 0.4) is 0 Å². The van der Waals surface area contributed by atoms with Crippen molar-refractivity contribution in [2.24, 2.45) is 0 Å². The number of anilines is 1. The molecule has 0 aromatic heterocycles. The van der Waals surface area contributed by atoms with E-state index in [1.807, 2.05) is 12.1 Å². The molecule has 0 saturated carbocycles. The molecule has 5 nitrogen and oxygen atoms in total. The molecule has 1 heterocycles. The second-order valence-corrected chi connectivity index (χ2v) is 6.73. The zero-order valence-corrected chi connectivity index (χ0v) is 15.4. The Bertz CT molecular complexity index is 799. The van der Waals surface area contributed by atoms with Crippen LogP contribution in [0.5, 0.6) is 0 Å². The molecule has 0 spiro atoms. The van der Waals surface area contributed by atoms with Crippen molar-refractivity contribution >= 4 is 29.2 Å². The van der Waals surface area contributed by atoms with E-state index in [1.165, 1.54) is 31.6 Å². The average Bonchev–Trinajstić information content (AvgIpc) is 3.16. The average molecular weight is 373 g/mol. The molecule has 2 aromatic carbocycles. The van der Waals surface area contributed by atoms with E-state index in [0.717, 1.165) is 19.6 Å². The fraction of sp³-hybridized carbons (Fsp3) is 0.300. The summed E-state index contributed by atoms with van der Waals surface area (Å²) in [6.07, 6.45) is 2.51. The molecule has 1 aliphatic rings. The van der Waals surface area contributed by atoms with Gasteiger partial charge in [0.25, 0.3) is 5.91 Å². The number of likely N-dealkylation sites (tertiary alicyclic amines) is 1. The summed E-state index contributed by atoms with van der Waals surface area (Å²) in [6, 6.07) is 12.2. The molecule has 0 atom stereocenters. The lowest BCUT2D eigenvalue weighted by Gasteiger charge is -2.14. The van der Waals surface area contributed by atoms with Crippen molar-refractivity contribution in [2.75, 3.05) is 25.5 Å². The second-order valence-electron chi connectivity index (χ2n) is 6.32. The van der Waals surface area contributed by atoms with Gasteiger partial charge in [0.1, 0.15) is 0 Å². The van der Waals surface area contributed by atoms with E-state index < -0.39 is 5.97 Å². The third-order valence-corrected chi connectivity index (χ3v) is 4.79.